The lowest BCUT2D eigenvalue weighted by Gasteiger charge is -2.17. The predicted molar refractivity (Wildman–Crippen MR) is 158 cm³/mol. The van der Waals surface area contributed by atoms with Crippen molar-refractivity contribution in [1.82, 2.24) is 4.98 Å². The van der Waals surface area contributed by atoms with E-state index in [0.717, 1.165) is 10.2 Å². The van der Waals surface area contributed by atoms with Gasteiger partial charge in [0.1, 0.15) is 11.3 Å². The van der Waals surface area contributed by atoms with Crippen molar-refractivity contribution in [3.63, 3.8) is 0 Å². The summed E-state index contributed by atoms with van der Waals surface area (Å²) in [5.74, 6) is -2.06. The third-order valence-electron chi connectivity index (χ3n) is 6.46. The fourth-order valence-corrected chi connectivity index (χ4v) is 5.70. The number of nitro benzene ring substituents is 1. The number of fused-ring (bicyclic) bond motifs is 4. The number of hydrogen-bond acceptors (Lipinski definition) is 8. The molecule has 1 aliphatic heterocycles. The molecular formula is C30H18N4O6S. The Balaban J connectivity index is 1.48. The second-order valence-electron chi connectivity index (χ2n) is 9.07. The summed E-state index contributed by atoms with van der Waals surface area (Å²) in [4.78, 5) is 54.8. The third kappa shape index (κ3) is 4.70. The monoisotopic (exact) mass is 562 g/mol. The second-order valence-corrected chi connectivity index (χ2v) is 10.1. The molecule has 0 atom stereocenters. The number of aromatic nitrogens is 1. The van der Waals surface area contributed by atoms with Crippen LogP contribution in [-0.2, 0) is 0 Å². The number of carboxylic acid groups (broad SMARTS) is 1. The summed E-state index contributed by atoms with van der Waals surface area (Å²) >= 11 is 1.38. The van der Waals surface area contributed by atoms with Crippen molar-refractivity contribution in [2.24, 2.45) is 0 Å². The minimum absolute atomic E-state index is 0.0698. The molecule has 0 saturated carbocycles. The summed E-state index contributed by atoms with van der Waals surface area (Å²) in [6, 6.07) is 24.1. The van der Waals surface area contributed by atoms with E-state index in [1.807, 2.05) is 36.4 Å². The van der Waals surface area contributed by atoms with E-state index in [-0.39, 0.29) is 33.6 Å². The Morgan fingerprint density at radius 3 is 2.34 bits per heavy atom. The molecule has 41 heavy (non-hydrogen) atoms. The fourth-order valence-electron chi connectivity index (χ4n) is 4.62. The Morgan fingerprint density at radius 2 is 1.56 bits per heavy atom. The van der Waals surface area contributed by atoms with E-state index in [1.54, 1.807) is 12.1 Å². The summed E-state index contributed by atoms with van der Waals surface area (Å²) in [5, 5.41) is 27.9. The van der Waals surface area contributed by atoms with E-state index < -0.39 is 22.5 Å². The molecule has 0 spiro atoms. The van der Waals surface area contributed by atoms with Gasteiger partial charge in [-0.3, -0.25) is 19.7 Å². The maximum absolute atomic E-state index is 13.7. The van der Waals surface area contributed by atoms with Crippen LogP contribution in [0.15, 0.2) is 95.8 Å². The summed E-state index contributed by atoms with van der Waals surface area (Å²) in [6.07, 6.45) is 0. The van der Waals surface area contributed by atoms with Crippen molar-refractivity contribution in [3.8, 4) is 10.6 Å². The Hall–Kier alpha value is -5.68. The Bertz CT molecular complexity index is 2070. The molecule has 1 amide bonds. The molecular weight excluding hydrogens is 544 g/mol. The molecule has 3 N–H and O–H groups in total. The van der Waals surface area contributed by atoms with E-state index in [2.05, 4.69) is 10.6 Å². The molecule has 200 valence electrons. The number of carboxylic acids is 1. The van der Waals surface area contributed by atoms with E-state index in [1.165, 1.54) is 53.8 Å². The number of carbonyl (C=O) groups is 2. The molecule has 4 aromatic carbocycles. The molecule has 0 bridgehead atoms. The molecule has 0 unspecified atom stereocenters. The number of benzene rings is 5. The van der Waals surface area contributed by atoms with Gasteiger partial charge in [-0.05, 0) is 36.4 Å². The number of hydrogen-bond donors (Lipinski definition) is 3. The number of nitrogens with one attached hydrogen (secondary N) is 2. The van der Waals surface area contributed by atoms with Crippen molar-refractivity contribution >= 4 is 67.0 Å². The average molecular weight is 563 g/mol. The largest absolute Gasteiger partial charge is 0.478 e. The van der Waals surface area contributed by atoms with Crippen LogP contribution in [0.25, 0.3) is 31.6 Å². The van der Waals surface area contributed by atoms with Gasteiger partial charge in [0, 0.05) is 28.2 Å². The van der Waals surface area contributed by atoms with Gasteiger partial charge in [0.25, 0.3) is 11.6 Å². The lowest BCUT2D eigenvalue weighted by Crippen LogP contribution is -2.15. The Labute approximate surface area is 235 Å². The van der Waals surface area contributed by atoms with E-state index in [4.69, 9.17) is 4.98 Å². The Kier molecular flexibility index (Phi) is 6.32. The van der Waals surface area contributed by atoms with Gasteiger partial charge in [0.15, 0.2) is 0 Å². The van der Waals surface area contributed by atoms with Crippen LogP contribution in [-0.4, -0.2) is 26.9 Å². The number of nitro groups is 1. The Morgan fingerprint density at radius 1 is 0.878 bits per heavy atom. The molecule has 6 rings (SSSR count). The number of aromatic carboxylic acids is 1. The number of anilines is 3. The van der Waals surface area contributed by atoms with Gasteiger partial charge in [-0.25, -0.2) is 9.78 Å². The van der Waals surface area contributed by atoms with Crippen molar-refractivity contribution < 1.29 is 19.6 Å². The molecule has 2 aliphatic rings. The molecule has 1 aliphatic carbocycles. The second kappa shape index (κ2) is 10.1. The van der Waals surface area contributed by atoms with Crippen LogP contribution in [0, 0.1) is 10.1 Å². The van der Waals surface area contributed by atoms with Crippen LogP contribution >= 0.6 is 11.3 Å². The number of nitrogens with zero attached hydrogens (tertiary/aromatic N) is 2. The summed E-state index contributed by atoms with van der Waals surface area (Å²) in [6.45, 7) is 0. The fraction of sp³-hybridized carbons (Fsp3) is 0. The van der Waals surface area contributed by atoms with Crippen LogP contribution < -0.4 is 16.1 Å². The number of carbonyl (C=O) groups excluding carboxylic acids is 1. The summed E-state index contributed by atoms with van der Waals surface area (Å²) in [5.41, 5.74) is 0.841. The standard InChI is InChI=1S/C30H18N4O6S/c35-27-20-8-2-1-7-19(20)25-28(41-24-12-6-4-10-22(24)33-25)26(27)31-17-13-16(30(37)38)14-18(15-17)32-29(36)21-9-3-5-11-23(21)34(39)40/h1-15,31H,(H,32,36)(H,37,38). The summed E-state index contributed by atoms with van der Waals surface area (Å²) in [7, 11) is 0. The quantitative estimate of drug-likeness (QED) is 0.0898. The highest BCUT2D eigenvalue weighted by Crippen LogP contribution is 2.40. The van der Waals surface area contributed by atoms with E-state index in [9.17, 15) is 29.6 Å². The molecule has 4 aromatic rings. The van der Waals surface area contributed by atoms with E-state index in [0.29, 0.717) is 21.3 Å². The van der Waals surface area contributed by atoms with Gasteiger partial charge in [0.2, 0.25) is 5.43 Å². The molecule has 10 nitrogen and oxygen atoms in total. The van der Waals surface area contributed by atoms with Crippen LogP contribution in [0.4, 0.5) is 22.7 Å². The van der Waals surface area contributed by atoms with Crippen molar-refractivity contribution in [2.45, 2.75) is 0 Å². The van der Waals surface area contributed by atoms with Gasteiger partial charge in [-0.2, -0.15) is 0 Å². The van der Waals surface area contributed by atoms with E-state index >= 15 is 0 Å². The van der Waals surface area contributed by atoms with Crippen LogP contribution in [0.2, 0.25) is 0 Å². The first-order valence-corrected chi connectivity index (χ1v) is 13.1. The third-order valence-corrected chi connectivity index (χ3v) is 7.62. The van der Waals surface area contributed by atoms with Crippen LogP contribution in [0.5, 0.6) is 0 Å². The zero-order valence-corrected chi connectivity index (χ0v) is 21.8. The van der Waals surface area contributed by atoms with Gasteiger partial charge < -0.3 is 15.7 Å². The zero-order chi connectivity index (χ0) is 28.7. The summed E-state index contributed by atoms with van der Waals surface area (Å²) < 4.78 is 0.856. The first kappa shape index (κ1) is 25.6. The number of para-hydroxylation sites is 2. The van der Waals surface area contributed by atoms with Crippen molar-refractivity contribution in [3.05, 3.63) is 122 Å². The number of rotatable bonds is 6. The maximum atomic E-state index is 13.7. The normalized spacial score (nSPS) is 11.0. The van der Waals surface area contributed by atoms with Gasteiger partial charge in [0.05, 0.1) is 31.3 Å². The highest BCUT2D eigenvalue weighted by atomic mass is 32.1. The average Bonchev–Trinajstić information content (AvgIpc) is 2.98. The van der Waals surface area contributed by atoms with Crippen molar-refractivity contribution in [1.29, 1.82) is 0 Å². The maximum Gasteiger partial charge on any atom is 0.335 e. The molecule has 1 heterocycles. The topological polar surface area (TPSA) is 152 Å². The van der Waals surface area contributed by atoms with Crippen molar-refractivity contribution in [2.75, 3.05) is 10.6 Å². The first-order valence-electron chi connectivity index (χ1n) is 12.2. The van der Waals surface area contributed by atoms with Gasteiger partial charge in [-0.15, -0.1) is 11.3 Å². The highest BCUT2D eigenvalue weighted by molar-refractivity contribution is 7.22. The van der Waals surface area contributed by atoms with Gasteiger partial charge >= 0.3 is 5.97 Å². The van der Waals surface area contributed by atoms with Crippen LogP contribution in [0.3, 0.4) is 0 Å². The highest BCUT2D eigenvalue weighted by Gasteiger charge is 2.23. The molecule has 0 radical (unpaired) electrons. The lowest BCUT2D eigenvalue weighted by molar-refractivity contribution is -0.385. The minimum Gasteiger partial charge on any atom is -0.478 e. The van der Waals surface area contributed by atoms with Crippen LogP contribution in [0.1, 0.15) is 20.7 Å². The SMILES string of the molecule is O=C(O)c1cc(NC(=O)c2ccccc2[N+](=O)[O-])cc(Nc2c3sc4ccccc4nc-3c3ccccc3c2=O)c1. The predicted octanol–water partition coefficient (Wildman–Crippen LogP) is 6.52. The lowest BCUT2D eigenvalue weighted by atomic mass is 10.0. The smallest absolute Gasteiger partial charge is 0.335 e. The zero-order valence-electron chi connectivity index (χ0n) is 21.0. The molecule has 0 fully saturated rings. The first-order chi connectivity index (χ1) is 19.8. The number of amides is 1. The molecule has 11 heteroatoms. The van der Waals surface area contributed by atoms with Gasteiger partial charge in [-0.1, -0.05) is 48.5 Å². The molecule has 0 aromatic heterocycles. The molecule has 0 saturated heterocycles. The minimum atomic E-state index is -1.27.